The molecule has 6 heteroatoms. The predicted octanol–water partition coefficient (Wildman–Crippen LogP) is 3.91. The molecule has 2 aliphatic rings. The van der Waals surface area contributed by atoms with Gasteiger partial charge in [-0.15, -0.1) is 0 Å². The van der Waals surface area contributed by atoms with Crippen molar-refractivity contribution in [2.75, 3.05) is 18.2 Å². The van der Waals surface area contributed by atoms with Crippen LogP contribution in [0.15, 0.2) is 36.4 Å². The van der Waals surface area contributed by atoms with Crippen molar-refractivity contribution in [3.8, 4) is 11.5 Å². The number of carbonyl (C=O) groups is 1. The first-order valence-corrected chi connectivity index (χ1v) is 8.63. The second-order valence-corrected chi connectivity index (χ2v) is 6.54. The van der Waals surface area contributed by atoms with E-state index in [2.05, 4.69) is 0 Å². The minimum Gasteiger partial charge on any atom is -0.489 e. The Hall–Kier alpha value is -2.24. The summed E-state index contributed by atoms with van der Waals surface area (Å²) in [5.41, 5.74) is 2.68. The highest BCUT2D eigenvalue weighted by Gasteiger charge is 2.22. The number of benzene rings is 2. The predicted molar refractivity (Wildman–Crippen MR) is 94.1 cm³/mol. The lowest BCUT2D eigenvalue weighted by Crippen LogP contribution is -2.23. The van der Waals surface area contributed by atoms with Gasteiger partial charge < -0.3 is 19.1 Å². The van der Waals surface area contributed by atoms with Crippen LogP contribution in [0.1, 0.15) is 24.0 Å². The summed E-state index contributed by atoms with van der Waals surface area (Å²) in [5.74, 6) is 1.65. The van der Waals surface area contributed by atoms with Crippen LogP contribution in [0.3, 0.4) is 0 Å². The maximum Gasteiger partial charge on any atom is 0.227 e. The lowest BCUT2D eigenvalue weighted by molar-refractivity contribution is -0.117. The van der Waals surface area contributed by atoms with Gasteiger partial charge in [0.2, 0.25) is 5.91 Å². The van der Waals surface area contributed by atoms with Gasteiger partial charge in [-0.25, -0.2) is 0 Å². The summed E-state index contributed by atoms with van der Waals surface area (Å²) < 4.78 is 16.8. The van der Waals surface area contributed by atoms with Crippen LogP contribution in [0.4, 0.5) is 5.69 Å². The average molecular weight is 360 g/mol. The van der Waals surface area contributed by atoms with E-state index in [0.29, 0.717) is 30.4 Å². The zero-order valence-electron chi connectivity index (χ0n) is 13.7. The van der Waals surface area contributed by atoms with Crippen molar-refractivity contribution in [2.45, 2.75) is 26.1 Å². The summed E-state index contributed by atoms with van der Waals surface area (Å²) in [5, 5.41) is 0.628. The number of amides is 1. The number of carbonyl (C=O) groups excluding carboxylic acids is 1. The molecule has 0 radical (unpaired) electrons. The molecule has 0 bridgehead atoms. The third kappa shape index (κ3) is 3.43. The summed E-state index contributed by atoms with van der Waals surface area (Å²) >= 11 is 6.18. The molecule has 0 unspecified atom stereocenters. The van der Waals surface area contributed by atoms with Crippen LogP contribution in [0.5, 0.6) is 11.5 Å². The molecule has 0 atom stereocenters. The van der Waals surface area contributed by atoms with Gasteiger partial charge in [0.25, 0.3) is 0 Å². The molecule has 0 aliphatic carbocycles. The third-order valence-electron chi connectivity index (χ3n) is 4.35. The maximum absolute atomic E-state index is 11.9. The molecule has 5 nitrogen and oxygen atoms in total. The van der Waals surface area contributed by atoms with Crippen LogP contribution in [0.25, 0.3) is 0 Å². The first-order valence-electron chi connectivity index (χ1n) is 8.26. The van der Waals surface area contributed by atoms with Gasteiger partial charge in [0.05, 0.1) is 6.61 Å². The van der Waals surface area contributed by atoms with Crippen LogP contribution in [0.2, 0.25) is 5.02 Å². The van der Waals surface area contributed by atoms with E-state index in [1.165, 1.54) is 0 Å². The van der Waals surface area contributed by atoms with Gasteiger partial charge in [-0.3, -0.25) is 4.79 Å². The number of hydrogen-bond donors (Lipinski definition) is 0. The number of fused-ring (bicyclic) bond motifs is 1. The number of halogens is 1. The largest absolute Gasteiger partial charge is 0.489 e. The van der Waals surface area contributed by atoms with E-state index in [-0.39, 0.29) is 12.7 Å². The zero-order chi connectivity index (χ0) is 17.2. The first-order chi connectivity index (χ1) is 12.2. The molecule has 0 saturated carbocycles. The fraction of sp³-hybridized carbons (Fsp3) is 0.316. The van der Waals surface area contributed by atoms with E-state index in [1.54, 1.807) is 4.90 Å². The molecular weight excluding hydrogens is 342 g/mol. The molecule has 2 heterocycles. The Morgan fingerprint density at radius 3 is 3.00 bits per heavy atom. The van der Waals surface area contributed by atoms with E-state index in [9.17, 15) is 4.79 Å². The standard InChI is InChI=1S/C19H18ClNO4/c20-15-7-13-10-23-12-25-19(13)14(8-15)11-24-17-4-1-3-16(9-17)21-6-2-5-18(21)22/h1,3-4,7-9H,2,5-6,10-12H2. The van der Waals surface area contributed by atoms with Gasteiger partial charge in [-0.1, -0.05) is 17.7 Å². The van der Waals surface area contributed by atoms with Crippen molar-refractivity contribution in [3.05, 3.63) is 52.5 Å². The van der Waals surface area contributed by atoms with E-state index in [0.717, 1.165) is 35.5 Å². The quantitative estimate of drug-likeness (QED) is 0.830. The van der Waals surface area contributed by atoms with E-state index in [1.807, 2.05) is 36.4 Å². The van der Waals surface area contributed by atoms with Crippen LogP contribution < -0.4 is 14.4 Å². The molecule has 2 aromatic rings. The van der Waals surface area contributed by atoms with Gasteiger partial charge >= 0.3 is 0 Å². The normalized spacial score (nSPS) is 16.5. The Balaban J connectivity index is 1.52. The van der Waals surface area contributed by atoms with Crippen LogP contribution in [-0.2, 0) is 22.7 Å². The first kappa shape index (κ1) is 16.2. The fourth-order valence-corrected chi connectivity index (χ4v) is 3.45. The van der Waals surface area contributed by atoms with Gasteiger partial charge in [0.1, 0.15) is 18.1 Å². The molecule has 130 valence electrons. The Morgan fingerprint density at radius 2 is 2.16 bits per heavy atom. The van der Waals surface area contributed by atoms with Crippen LogP contribution >= 0.6 is 11.6 Å². The van der Waals surface area contributed by atoms with Crippen LogP contribution in [-0.4, -0.2) is 19.2 Å². The van der Waals surface area contributed by atoms with Gasteiger partial charge in [-0.2, -0.15) is 0 Å². The molecule has 2 aromatic carbocycles. The molecular formula is C19H18ClNO4. The number of hydrogen-bond acceptors (Lipinski definition) is 4. The maximum atomic E-state index is 11.9. The Labute approximate surface area is 151 Å². The lowest BCUT2D eigenvalue weighted by Gasteiger charge is -2.21. The monoisotopic (exact) mass is 359 g/mol. The number of nitrogens with zero attached hydrogens (tertiary/aromatic N) is 1. The van der Waals surface area contributed by atoms with Gasteiger partial charge in [0.15, 0.2) is 6.79 Å². The highest BCUT2D eigenvalue weighted by atomic mass is 35.5. The molecule has 25 heavy (non-hydrogen) atoms. The molecule has 0 spiro atoms. The Kier molecular flexibility index (Phi) is 4.51. The van der Waals surface area contributed by atoms with E-state index in [4.69, 9.17) is 25.8 Å². The Morgan fingerprint density at radius 1 is 1.24 bits per heavy atom. The third-order valence-corrected chi connectivity index (χ3v) is 4.57. The second-order valence-electron chi connectivity index (χ2n) is 6.10. The molecule has 1 saturated heterocycles. The van der Waals surface area contributed by atoms with E-state index >= 15 is 0 Å². The molecule has 0 N–H and O–H groups in total. The molecule has 1 fully saturated rings. The van der Waals surface area contributed by atoms with Crippen molar-refractivity contribution < 1.29 is 19.0 Å². The summed E-state index contributed by atoms with van der Waals surface area (Å²) in [6, 6.07) is 11.3. The molecule has 2 aliphatic heterocycles. The zero-order valence-corrected chi connectivity index (χ0v) is 14.4. The molecule has 0 aromatic heterocycles. The van der Waals surface area contributed by atoms with Crippen molar-refractivity contribution in [1.29, 1.82) is 0 Å². The van der Waals surface area contributed by atoms with E-state index < -0.39 is 0 Å². The number of anilines is 1. The Bertz CT molecular complexity index is 808. The lowest BCUT2D eigenvalue weighted by atomic mass is 10.1. The SMILES string of the molecule is O=C1CCCN1c1cccc(OCc2cc(Cl)cc3c2OCOC3)c1. The second kappa shape index (κ2) is 6.94. The highest BCUT2D eigenvalue weighted by molar-refractivity contribution is 6.30. The minimum atomic E-state index is 0.162. The summed E-state index contributed by atoms with van der Waals surface area (Å²) in [7, 11) is 0. The highest BCUT2D eigenvalue weighted by Crippen LogP contribution is 2.33. The van der Waals surface area contributed by atoms with Crippen LogP contribution in [0, 0.1) is 0 Å². The minimum absolute atomic E-state index is 0.162. The smallest absolute Gasteiger partial charge is 0.227 e. The topological polar surface area (TPSA) is 48.0 Å². The molecule has 4 rings (SSSR count). The summed E-state index contributed by atoms with van der Waals surface area (Å²) in [6.45, 7) is 1.81. The fourth-order valence-electron chi connectivity index (χ4n) is 3.19. The average Bonchev–Trinajstić information content (AvgIpc) is 3.06. The van der Waals surface area contributed by atoms with Gasteiger partial charge in [-0.05, 0) is 30.7 Å². The summed E-state index contributed by atoms with van der Waals surface area (Å²) in [4.78, 5) is 13.7. The van der Waals surface area contributed by atoms with Gasteiger partial charge in [0, 0.05) is 40.9 Å². The number of ether oxygens (including phenoxy) is 3. The van der Waals surface area contributed by atoms with Crippen molar-refractivity contribution in [2.24, 2.45) is 0 Å². The van der Waals surface area contributed by atoms with Crippen molar-refractivity contribution in [3.63, 3.8) is 0 Å². The number of rotatable bonds is 4. The van der Waals surface area contributed by atoms with Crippen molar-refractivity contribution in [1.82, 2.24) is 0 Å². The van der Waals surface area contributed by atoms with Crippen molar-refractivity contribution >= 4 is 23.2 Å². The summed E-state index contributed by atoms with van der Waals surface area (Å²) in [6.07, 6.45) is 1.51. The molecule has 1 amide bonds.